The van der Waals surface area contributed by atoms with E-state index in [4.69, 9.17) is 5.41 Å². The summed E-state index contributed by atoms with van der Waals surface area (Å²) in [7, 11) is 0. The molecule has 0 aliphatic carbocycles. The van der Waals surface area contributed by atoms with Crippen LogP contribution in [-0.2, 0) is 4.79 Å². The average molecular weight is 227 g/mol. The van der Waals surface area contributed by atoms with Crippen molar-refractivity contribution in [1.82, 2.24) is 4.98 Å². The molecule has 6 heteroatoms. The summed E-state index contributed by atoms with van der Waals surface area (Å²) in [5.74, 6) is -0.0469. The average Bonchev–Trinajstić information content (AvgIpc) is 2.60. The first-order chi connectivity index (χ1) is 6.59. The molecule has 1 fully saturated rings. The first-order valence-corrected chi connectivity index (χ1v) is 5.87. The number of hydrogen-bond acceptors (Lipinski definition) is 5. The molecule has 2 rings (SSSR count). The van der Waals surface area contributed by atoms with Gasteiger partial charge in [-0.2, -0.15) is 0 Å². The maximum atomic E-state index is 11.7. The Labute approximate surface area is 89.8 Å². The lowest BCUT2D eigenvalue weighted by atomic mass is 10.4. The van der Waals surface area contributed by atoms with Gasteiger partial charge in [0.25, 0.3) is 0 Å². The van der Waals surface area contributed by atoms with Crippen molar-refractivity contribution in [2.24, 2.45) is 0 Å². The van der Waals surface area contributed by atoms with Gasteiger partial charge in [-0.25, -0.2) is 9.88 Å². The van der Waals surface area contributed by atoms with Gasteiger partial charge >= 0.3 is 0 Å². The molecule has 1 aliphatic rings. The smallest absolute Gasteiger partial charge is 0.248 e. The molecule has 0 spiro atoms. The van der Waals surface area contributed by atoms with Crippen LogP contribution in [0.3, 0.4) is 0 Å². The highest BCUT2D eigenvalue weighted by molar-refractivity contribution is 8.16. The Morgan fingerprint density at radius 3 is 2.79 bits per heavy atom. The van der Waals surface area contributed by atoms with E-state index in [2.05, 4.69) is 4.98 Å². The van der Waals surface area contributed by atoms with Gasteiger partial charge in [-0.05, 0) is 13.8 Å². The molecule has 1 amide bonds. The number of carbonyl (C=O) groups is 1. The van der Waals surface area contributed by atoms with Gasteiger partial charge in [-0.3, -0.25) is 10.2 Å². The first-order valence-electron chi connectivity index (χ1n) is 4.11. The molecule has 0 radical (unpaired) electrons. The van der Waals surface area contributed by atoms with E-state index in [0.29, 0.717) is 5.13 Å². The van der Waals surface area contributed by atoms with Crippen LogP contribution in [-0.4, -0.2) is 21.3 Å². The summed E-state index contributed by atoms with van der Waals surface area (Å²) in [5, 5.41) is 10.2. The standard InChI is InChI=1S/C8H9N3OS2/c1-4-3-13-8(10-4)11-6(12)5(2)14-7(11)9/h3,5,9H,1-2H3/t5-/m1/s1. The Bertz CT molecular complexity index is 401. The zero-order chi connectivity index (χ0) is 10.3. The Morgan fingerprint density at radius 1 is 1.64 bits per heavy atom. The summed E-state index contributed by atoms with van der Waals surface area (Å²) >= 11 is 2.66. The van der Waals surface area contributed by atoms with Crippen molar-refractivity contribution in [1.29, 1.82) is 5.41 Å². The van der Waals surface area contributed by atoms with Crippen LogP contribution in [0.2, 0.25) is 0 Å². The summed E-state index contributed by atoms with van der Waals surface area (Å²) in [4.78, 5) is 17.2. The predicted octanol–water partition coefficient (Wildman–Crippen LogP) is 1.85. The van der Waals surface area contributed by atoms with Crippen molar-refractivity contribution in [3.8, 4) is 0 Å². The second kappa shape index (κ2) is 3.36. The summed E-state index contributed by atoms with van der Waals surface area (Å²) < 4.78 is 0. The van der Waals surface area contributed by atoms with Crippen LogP contribution in [0.25, 0.3) is 0 Å². The molecule has 0 unspecified atom stereocenters. The third kappa shape index (κ3) is 1.44. The van der Waals surface area contributed by atoms with Crippen LogP contribution in [0.15, 0.2) is 5.38 Å². The SMILES string of the molecule is Cc1csc(N2C(=N)S[C@H](C)C2=O)n1. The van der Waals surface area contributed by atoms with E-state index in [9.17, 15) is 4.79 Å². The highest BCUT2D eigenvalue weighted by atomic mass is 32.2. The van der Waals surface area contributed by atoms with Gasteiger partial charge in [0.05, 0.1) is 10.9 Å². The lowest BCUT2D eigenvalue weighted by Gasteiger charge is -2.09. The van der Waals surface area contributed by atoms with Gasteiger partial charge in [0.1, 0.15) is 0 Å². The van der Waals surface area contributed by atoms with E-state index >= 15 is 0 Å². The molecule has 14 heavy (non-hydrogen) atoms. The normalized spacial score (nSPS) is 22.1. The zero-order valence-corrected chi connectivity index (χ0v) is 9.41. The van der Waals surface area contributed by atoms with E-state index in [1.54, 1.807) is 0 Å². The van der Waals surface area contributed by atoms with Gasteiger partial charge < -0.3 is 0 Å². The fourth-order valence-corrected chi connectivity index (χ4v) is 2.87. The summed E-state index contributed by atoms with van der Waals surface area (Å²) in [6.07, 6.45) is 0. The molecule has 1 aromatic heterocycles. The number of anilines is 1. The predicted molar refractivity (Wildman–Crippen MR) is 59.1 cm³/mol. The third-order valence-corrected chi connectivity index (χ3v) is 3.76. The molecule has 1 aliphatic heterocycles. The van der Waals surface area contributed by atoms with Crippen molar-refractivity contribution in [3.05, 3.63) is 11.1 Å². The van der Waals surface area contributed by atoms with Gasteiger partial charge in [0.15, 0.2) is 10.3 Å². The fourth-order valence-electron chi connectivity index (χ4n) is 1.18. The number of rotatable bonds is 1. The molecule has 1 aromatic rings. The van der Waals surface area contributed by atoms with E-state index < -0.39 is 0 Å². The second-order valence-electron chi connectivity index (χ2n) is 3.01. The van der Waals surface area contributed by atoms with E-state index in [0.717, 1.165) is 5.69 Å². The quantitative estimate of drug-likeness (QED) is 0.796. The topological polar surface area (TPSA) is 57.1 Å². The highest BCUT2D eigenvalue weighted by Gasteiger charge is 2.36. The molecule has 4 nitrogen and oxygen atoms in total. The van der Waals surface area contributed by atoms with E-state index in [1.165, 1.54) is 28.0 Å². The van der Waals surface area contributed by atoms with Crippen LogP contribution in [0.1, 0.15) is 12.6 Å². The van der Waals surface area contributed by atoms with Crippen molar-refractivity contribution in [3.63, 3.8) is 0 Å². The molecule has 0 saturated carbocycles. The molecule has 2 heterocycles. The van der Waals surface area contributed by atoms with Gasteiger partial charge in [-0.15, -0.1) is 11.3 Å². The second-order valence-corrected chi connectivity index (χ2v) is 5.18. The summed E-state index contributed by atoms with van der Waals surface area (Å²) in [5.41, 5.74) is 0.884. The van der Waals surface area contributed by atoms with Crippen molar-refractivity contribution in [2.75, 3.05) is 4.90 Å². The number of aromatic nitrogens is 1. The minimum atomic E-state index is -0.160. The van der Waals surface area contributed by atoms with Crippen molar-refractivity contribution in [2.45, 2.75) is 19.1 Å². The lowest BCUT2D eigenvalue weighted by molar-refractivity contribution is -0.116. The number of hydrogen-bond donors (Lipinski definition) is 1. The number of nitrogens with one attached hydrogen (secondary N) is 1. The number of aryl methyl sites for hydroxylation is 1. The molecule has 74 valence electrons. The minimum Gasteiger partial charge on any atom is -0.278 e. The maximum absolute atomic E-state index is 11.7. The Hall–Kier alpha value is -0.880. The molecular formula is C8H9N3OS2. The number of nitrogens with zero attached hydrogens (tertiary/aromatic N) is 2. The number of carbonyl (C=O) groups excluding carboxylic acids is 1. The molecule has 1 atom stereocenters. The van der Waals surface area contributed by atoms with E-state index in [-0.39, 0.29) is 16.3 Å². The maximum Gasteiger partial charge on any atom is 0.248 e. The summed E-state index contributed by atoms with van der Waals surface area (Å²) in [6.45, 7) is 3.68. The zero-order valence-electron chi connectivity index (χ0n) is 7.77. The number of amidine groups is 1. The van der Waals surface area contributed by atoms with Crippen molar-refractivity contribution < 1.29 is 4.79 Å². The number of amides is 1. The van der Waals surface area contributed by atoms with Crippen molar-refractivity contribution >= 4 is 39.3 Å². The van der Waals surface area contributed by atoms with Crippen LogP contribution in [0.5, 0.6) is 0 Å². The largest absolute Gasteiger partial charge is 0.278 e. The fraction of sp³-hybridized carbons (Fsp3) is 0.375. The lowest BCUT2D eigenvalue weighted by Crippen LogP contribution is -2.30. The molecular weight excluding hydrogens is 218 g/mol. The molecule has 1 saturated heterocycles. The van der Waals surface area contributed by atoms with Crippen LogP contribution < -0.4 is 4.90 Å². The first kappa shape index (κ1) is 9.67. The third-order valence-electron chi connectivity index (χ3n) is 1.86. The van der Waals surface area contributed by atoms with Gasteiger partial charge in [0.2, 0.25) is 5.91 Å². The van der Waals surface area contributed by atoms with Crippen LogP contribution in [0.4, 0.5) is 5.13 Å². The van der Waals surface area contributed by atoms with Gasteiger partial charge in [-0.1, -0.05) is 11.8 Å². The Morgan fingerprint density at radius 2 is 2.36 bits per heavy atom. The molecule has 0 bridgehead atoms. The van der Waals surface area contributed by atoms with Gasteiger partial charge in [0, 0.05) is 5.38 Å². The Kier molecular flexibility index (Phi) is 2.32. The van der Waals surface area contributed by atoms with E-state index in [1.807, 2.05) is 19.2 Å². The van der Waals surface area contributed by atoms with Crippen LogP contribution in [0, 0.1) is 12.3 Å². The minimum absolute atomic E-state index is 0.0469. The highest BCUT2D eigenvalue weighted by Crippen LogP contribution is 2.32. The monoisotopic (exact) mass is 227 g/mol. The molecule has 1 N–H and O–H groups in total. The Balaban J connectivity index is 2.35. The number of thioether (sulfide) groups is 1. The summed E-state index contributed by atoms with van der Waals surface area (Å²) in [6, 6.07) is 0. The van der Waals surface area contributed by atoms with Crippen LogP contribution >= 0.6 is 23.1 Å². The number of thiazole rings is 1. The molecule has 0 aromatic carbocycles.